The van der Waals surface area contributed by atoms with E-state index in [4.69, 9.17) is 0 Å². The molecule has 1 saturated carbocycles. The SMILES string of the molecule is CN(C(=O)c1cc2c(F)cccc2[nH]1)[C@@H](CC1CCCCC1)C(=O)N1C[C@]2(CC1C#N)C(=O)Nc1ccccc12. The molecule has 2 fully saturated rings. The predicted molar refractivity (Wildman–Crippen MR) is 148 cm³/mol. The zero-order valence-corrected chi connectivity index (χ0v) is 22.5. The third-order valence-electron chi connectivity index (χ3n) is 9.11. The maximum absolute atomic E-state index is 14.4. The van der Waals surface area contributed by atoms with E-state index in [0.29, 0.717) is 23.0 Å². The lowest BCUT2D eigenvalue weighted by Gasteiger charge is -2.35. The average molecular weight is 542 g/mol. The van der Waals surface area contributed by atoms with Crippen molar-refractivity contribution in [1.82, 2.24) is 14.8 Å². The minimum Gasteiger partial charge on any atom is -0.350 e. The van der Waals surface area contributed by atoms with Crippen LogP contribution in [0.15, 0.2) is 48.5 Å². The molecular formula is C31H32FN5O3. The fourth-order valence-electron chi connectivity index (χ4n) is 6.91. The zero-order chi connectivity index (χ0) is 28.0. The van der Waals surface area contributed by atoms with Crippen LogP contribution in [-0.2, 0) is 15.0 Å². The van der Waals surface area contributed by atoms with Crippen LogP contribution in [0.2, 0.25) is 0 Å². The molecule has 1 aromatic heterocycles. The minimum absolute atomic E-state index is 0.0771. The van der Waals surface area contributed by atoms with E-state index in [1.807, 2.05) is 24.3 Å². The molecule has 1 spiro atoms. The largest absolute Gasteiger partial charge is 0.350 e. The molecule has 3 amide bonds. The monoisotopic (exact) mass is 541 g/mol. The minimum atomic E-state index is -1.00. The lowest BCUT2D eigenvalue weighted by molar-refractivity contribution is -0.136. The van der Waals surface area contributed by atoms with Crippen LogP contribution in [-0.4, -0.2) is 58.2 Å². The van der Waals surface area contributed by atoms with Gasteiger partial charge >= 0.3 is 0 Å². The van der Waals surface area contributed by atoms with Crippen molar-refractivity contribution in [1.29, 1.82) is 5.26 Å². The van der Waals surface area contributed by atoms with Crippen LogP contribution < -0.4 is 5.32 Å². The van der Waals surface area contributed by atoms with Gasteiger partial charge in [0.2, 0.25) is 11.8 Å². The lowest BCUT2D eigenvalue weighted by atomic mass is 9.80. The highest BCUT2D eigenvalue weighted by atomic mass is 19.1. The van der Waals surface area contributed by atoms with Crippen LogP contribution >= 0.6 is 0 Å². The zero-order valence-electron chi connectivity index (χ0n) is 22.5. The molecule has 3 aromatic rings. The van der Waals surface area contributed by atoms with Crippen LogP contribution in [0, 0.1) is 23.1 Å². The fraction of sp³-hybridized carbons (Fsp3) is 0.419. The summed E-state index contributed by atoms with van der Waals surface area (Å²) in [6.45, 7) is 0.0771. The van der Waals surface area contributed by atoms with Gasteiger partial charge in [-0.15, -0.1) is 0 Å². The van der Waals surface area contributed by atoms with E-state index in [-0.39, 0.29) is 36.4 Å². The Kier molecular flexibility index (Phi) is 6.57. The Bertz CT molecular complexity index is 1540. The van der Waals surface area contributed by atoms with E-state index in [0.717, 1.165) is 37.7 Å². The number of para-hydroxylation sites is 1. The molecular weight excluding hydrogens is 509 g/mol. The number of nitrogens with zero attached hydrogens (tertiary/aromatic N) is 3. The quantitative estimate of drug-likeness (QED) is 0.487. The number of halogens is 1. The van der Waals surface area contributed by atoms with Gasteiger partial charge in [0.1, 0.15) is 23.6 Å². The highest BCUT2D eigenvalue weighted by molar-refractivity contribution is 6.07. The molecule has 206 valence electrons. The number of nitrogens with one attached hydrogen (secondary N) is 2. The van der Waals surface area contributed by atoms with Gasteiger partial charge in [-0.3, -0.25) is 14.4 Å². The predicted octanol–water partition coefficient (Wildman–Crippen LogP) is 4.73. The maximum atomic E-state index is 14.4. The molecule has 1 saturated heterocycles. The molecule has 40 heavy (non-hydrogen) atoms. The smallest absolute Gasteiger partial charge is 0.270 e. The molecule has 0 radical (unpaired) electrons. The number of aromatic nitrogens is 1. The van der Waals surface area contributed by atoms with E-state index >= 15 is 0 Å². The Hall–Kier alpha value is -4.19. The third-order valence-corrected chi connectivity index (χ3v) is 9.11. The summed E-state index contributed by atoms with van der Waals surface area (Å²) in [5.74, 6) is -1.12. The molecule has 3 atom stereocenters. The average Bonchev–Trinajstić information content (AvgIpc) is 3.66. The van der Waals surface area contributed by atoms with Gasteiger partial charge in [-0.25, -0.2) is 4.39 Å². The summed E-state index contributed by atoms with van der Waals surface area (Å²) in [6, 6.07) is 14.1. The van der Waals surface area contributed by atoms with E-state index in [1.165, 1.54) is 21.9 Å². The maximum Gasteiger partial charge on any atom is 0.270 e. The molecule has 2 aliphatic heterocycles. The van der Waals surface area contributed by atoms with Gasteiger partial charge in [-0.1, -0.05) is 56.4 Å². The summed E-state index contributed by atoms with van der Waals surface area (Å²) >= 11 is 0. The number of hydrogen-bond donors (Lipinski definition) is 2. The van der Waals surface area contributed by atoms with E-state index in [2.05, 4.69) is 16.4 Å². The van der Waals surface area contributed by atoms with Gasteiger partial charge in [0.05, 0.1) is 11.5 Å². The number of aromatic amines is 1. The Labute approximate surface area is 232 Å². The van der Waals surface area contributed by atoms with Crippen LogP contribution in [0.4, 0.5) is 10.1 Å². The van der Waals surface area contributed by atoms with Crippen molar-refractivity contribution in [2.24, 2.45) is 5.92 Å². The summed E-state index contributed by atoms with van der Waals surface area (Å²) in [4.78, 5) is 47.2. The number of benzene rings is 2. The lowest BCUT2D eigenvalue weighted by Crippen LogP contribution is -2.52. The number of likely N-dealkylation sites (tertiary alicyclic amines) is 1. The molecule has 9 heteroatoms. The number of fused-ring (bicyclic) bond motifs is 3. The molecule has 0 bridgehead atoms. The van der Waals surface area contributed by atoms with Crippen LogP contribution in [0.1, 0.15) is 61.0 Å². The van der Waals surface area contributed by atoms with Gasteiger partial charge in [-0.2, -0.15) is 5.26 Å². The number of rotatable bonds is 5. The first-order chi connectivity index (χ1) is 19.3. The van der Waals surface area contributed by atoms with Crippen molar-refractivity contribution in [3.8, 4) is 6.07 Å². The molecule has 1 aliphatic carbocycles. The van der Waals surface area contributed by atoms with E-state index < -0.39 is 29.2 Å². The summed E-state index contributed by atoms with van der Waals surface area (Å²) in [7, 11) is 1.60. The standard InChI is InChI=1S/C31H32FN5O3/c1-36(28(38)26-15-21-23(32)11-7-13-24(21)34-26)27(14-19-8-3-2-4-9-19)29(39)37-18-31(16-20(37)17-33)22-10-5-6-12-25(22)35-30(31)40/h5-7,10-13,15,19-20,27,34H,2-4,8-9,14,16,18H2,1H3,(H,35,40)/t20?,27-,31-/m0/s1. The number of carbonyl (C=O) groups is 3. The second-order valence-electron chi connectivity index (χ2n) is 11.5. The summed E-state index contributed by atoms with van der Waals surface area (Å²) < 4.78 is 14.4. The Morgan fingerprint density at radius 3 is 2.70 bits per heavy atom. The molecule has 3 aliphatic rings. The van der Waals surface area contributed by atoms with Crippen molar-refractivity contribution in [2.45, 2.75) is 62.4 Å². The van der Waals surface area contributed by atoms with Gasteiger partial charge < -0.3 is 20.1 Å². The van der Waals surface area contributed by atoms with Crippen molar-refractivity contribution in [3.05, 3.63) is 65.6 Å². The van der Waals surface area contributed by atoms with Gasteiger partial charge in [0.15, 0.2) is 0 Å². The molecule has 8 nitrogen and oxygen atoms in total. The normalized spacial score (nSPS) is 23.2. The number of carbonyl (C=O) groups excluding carboxylic acids is 3. The van der Waals surface area contributed by atoms with Gasteiger partial charge in [0, 0.05) is 36.6 Å². The first kappa shape index (κ1) is 26.1. The van der Waals surface area contributed by atoms with Crippen molar-refractivity contribution in [2.75, 3.05) is 18.9 Å². The summed E-state index contributed by atoms with van der Waals surface area (Å²) in [6.07, 6.45) is 5.94. The first-order valence-electron chi connectivity index (χ1n) is 14.0. The van der Waals surface area contributed by atoms with E-state index in [9.17, 15) is 24.0 Å². The Morgan fingerprint density at radius 1 is 1.18 bits per heavy atom. The molecule has 2 N–H and O–H groups in total. The molecule has 2 aromatic carbocycles. The van der Waals surface area contributed by atoms with Crippen molar-refractivity contribution < 1.29 is 18.8 Å². The number of H-pyrrole nitrogens is 1. The fourth-order valence-corrected chi connectivity index (χ4v) is 6.91. The first-order valence-corrected chi connectivity index (χ1v) is 14.0. The number of anilines is 1. The highest BCUT2D eigenvalue weighted by Gasteiger charge is 2.56. The third kappa shape index (κ3) is 4.23. The Morgan fingerprint density at radius 2 is 1.95 bits per heavy atom. The molecule has 6 rings (SSSR count). The van der Waals surface area contributed by atoms with Gasteiger partial charge in [-0.05, 0) is 42.2 Å². The van der Waals surface area contributed by atoms with Gasteiger partial charge in [0.25, 0.3) is 5.91 Å². The number of nitriles is 1. The second kappa shape index (κ2) is 10.1. The summed E-state index contributed by atoms with van der Waals surface area (Å²) in [5, 5.41) is 13.3. The van der Waals surface area contributed by atoms with E-state index in [1.54, 1.807) is 19.2 Å². The van der Waals surface area contributed by atoms with Crippen LogP contribution in [0.5, 0.6) is 0 Å². The van der Waals surface area contributed by atoms with Crippen molar-refractivity contribution >= 4 is 34.3 Å². The molecule has 3 heterocycles. The topological polar surface area (TPSA) is 109 Å². The number of amides is 3. The second-order valence-corrected chi connectivity index (χ2v) is 11.5. The van der Waals surface area contributed by atoms with Crippen LogP contribution in [0.25, 0.3) is 10.9 Å². The summed E-state index contributed by atoms with van der Waals surface area (Å²) in [5.41, 5.74) is 1.20. The molecule has 1 unspecified atom stereocenters. The Balaban J connectivity index is 1.33. The van der Waals surface area contributed by atoms with Crippen LogP contribution in [0.3, 0.4) is 0 Å². The number of likely N-dealkylation sites (N-methyl/N-ethyl adjacent to an activating group) is 1. The van der Waals surface area contributed by atoms with Crippen molar-refractivity contribution in [3.63, 3.8) is 0 Å². The number of hydrogen-bond acceptors (Lipinski definition) is 4. The highest BCUT2D eigenvalue weighted by Crippen LogP contribution is 2.46.